The largest absolute Gasteiger partial charge is 0.397 e. The quantitative estimate of drug-likeness (QED) is 0.910. The van der Waals surface area contributed by atoms with Crippen molar-refractivity contribution < 1.29 is 4.79 Å². The molecule has 18 heavy (non-hydrogen) atoms. The van der Waals surface area contributed by atoms with Crippen molar-refractivity contribution in [1.82, 2.24) is 9.80 Å². The van der Waals surface area contributed by atoms with Gasteiger partial charge in [0.1, 0.15) is 4.88 Å². The number of piperidine rings is 1. The van der Waals surface area contributed by atoms with Crippen LogP contribution in [0.2, 0.25) is 0 Å². The standard InChI is InChI=1S/C13H21N3OS/c1-3-16-7-4-10(5-8-16)15(2)13(17)12-11(14)6-9-18-12/h6,9-10H,3-5,7-8,14H2,1-2H3. The first-order chi connectivity index (χ1) is 8.63. The zero-order valence-electron chi connectivity index (χ0n) is 11.1. The van der Waals surface area contributed by atoms with Crippen LogP contribution in [0.3, 0.4) is 0 Å². The summed E-state index contributed by atoms with van der Waals surface area (Å²) in [6.07, 6.45) is 2.11. The van der Waals surface area contributed by atoms with Gasteiger partial charge in [0, 0.05) is 26.2 Å². The van der Waals surface area contributed by atoms with Crippen LogP contribution in [0, 0.1) is 0 Å². The molecule has 4 nitrogen and oxygen atoms in total. The summed E-state index contributed by atoms with van der Waals surface area (Å²) in [7, 11) is 1.90. The minimum absolute atomic E-state index is 0.0671. The molecule has 1 saturated heterocycles. The average Bonchev–Trinajstić information content (AvgIpc) is 2.83. The summed E-state index contributed by atoms with van der Waals surface area (Å²) >= 11 is 1.43. The maximum absolute atomic E-state index is 12.3. The Hall–Kier alpha value is -1.07. The van der Waals surface area contributed by atoms with Gasteiger partial charge in [0.05, 0.1) is 5.69 Å². The van der Waals surface area contributed by atoms with E-state index in [-0.39, 0.29) is 5.91 Å². The van der Waals surface area contributed by atoms with Gasteiger partial charge in [-0.2, -0.15) is 0 Å². The fourth-order valence-electron chi connectivity index (χ4n) is 2.44. The van der Waals surface area contributed by atoms with Crippen molar-refractivity contribution in [3.8, 4) is 0 Å². The van der Waals surface area contributed by atoms with Crippen LogP contribution >= 0.6 is 11.3 Å². The lowest BCUT2D eigenvalue weighted by Crippen LogP contribution is -2.45. The highest BCUT2D eigenvalue weighted by Crippen LogP contribution is 2.23. The van der Waals surface area contributed by atoms with E-state index in [1.165, 1.54) is 11.3 Å². The van der Waals surface area contributed by atoms with Crippen molar-refractivity contribution in [3.05, 3.63) is 16.3 Å². The third-order valence-electron chi connectivity index (χ3n) is 3.76. The number of likely N-dealkylation sites (tertiary alicyclic amines) is 1. The third-order valence-corrected chi connectivity index (χ3v) is 4.68. The van der Waals surface area contributed by atoms with Crippen LogP contribution in [0.1, 0.15) is 29.4 Å². The topological polar surface area (TPSA) is 49.6 Å². The Morgan fingerprint density at radius 2 is 2.22 bits per heavy atom. The highest BCUT2D eigenvalue weighted by Gasteiger charge is 2.26. The summed E-state index contributed by atoms with van der Waals surface area (Å²) in [5.74, 6) is 0.0671. The molecule has 0 spiro atoms. The number of carbonyl (C=O) groups excluding carboxylic acids is 1. The van der Waals surface area contributed by atoms with E-state index in [4.69, 9.17) is 5.73 Å². The van der Waals surface area contributed by atoms with Crippen molar-refractivity contribution in [2.75, 3.05) is 32.4 Å². The van der Waals surface area contributed by atoms with Crippen molar-refractivity contribution in [2.45, 2.75) is 25.8 Å². The minimum atomic E-state index is 0.0671. The van der Waals surface area contributed by atoms with Crippen LogP contribution in [0.15, 0.2) is 11.4 Å². The average molecular weight is 267 g/mol. The summed E-state index contributed by atoms with van der Waals surface area (Å²) in [5, 5.41) is 1.87. The third kappa shape index (κ3) is 2.67. The lowest BCUT2D eigenvalue weighted by molar-refractivity contribution is 0.0652. The molecule has 0 saturated carbocycles. The first-order valence-corrected chi connectivity index (χ1v) is 7.34. The van der Waals surface area contributed by atoms with Gasteiger partial charge in [0.25, 0.3) is 5.91 Å². The van der Waals surface area contributed by atoms with Gasteiger partial charge in [0.2, 0.25) is 0 Å². The van der Waals surface area contributed by atoms with Gasteiger partial charge >= 0.3 is 0 Å². The number of carbonyl (C=O) groups is 1. The van der Waals surface area contributed by atoms with Crippen LogP contribution in [0.25, 0.3) is 0 Å². The molecule has 1 aliphatic rings. The molecule has 100 valence electrons. The molecule has 2 heterocycles. The van der Waals surface area contributed by atoms with Crippen LogP contribution < -0.4 is 5.73 Å². The van der Waals surface area contributed by atoms with E-state index in [2.05, 4.69) is 11.8 Å². The van der Waals surface area contributed by atoms with E-state index in [1.54, 1.807) is 6.07 Å². The zero-order valence-corrected chi connectivity index (χ0v) is 11.9. The van der Waals surface area contributed by atoms with Crippen LogP contribution in [-0.2, 0) is 0 Å². The number of thiophene rings is 1. The van der Waals surface area contributed by atoms with E-state index in [0.717, 1.165) is 32.5 Å². The highest BCUT2D eigenvalue weighted by atomic mass is 32.1. The first kappa shape index (κ1) is 13.4. The normalized spacial score (nSPS) is 17.9. The summed E-state index contributed by atoms with van der Waals surface area (Å²) in [6.45, 7) is 5.45. The van der Waals surface area contributed by atoms with E-state index in [9.17, 15) is 4.79 Å². The Bertz CT molecular complexity index is 410. The minimum Gasteiger partial charge on any atom is -0.397 e. The second-order valence-electron chi connectivity index (χ2n) is 4.79. The number of nitrogens with zero attached hydrogens (tertiary/aromatic N) is 2. The Labute approximate surface area is 112 Å². The molecule has 0 unspecified atom stereocenters. The molecule has 2 rings (SSSR count). The van der Waals surface area contributed by atoms with Gasteiger partial charge in [0.15, 0.2) is 0 Å². The number of rotatable bonds is 3. The Balaban J connectivity index is 1.98. The summed E-state index contributed by atoms with van der Waals surface area (Å²) in [5.41, 5.74) is 6.41. The Morgan fingerprint density at radius 1 is 1.56 bits per heavy atom. The lowest BCUT2D eigenvalue weighted by atomic mass is 10.0. The van der Waals surface area contributed by atoms with Gasteiger partial charge in [-0.05, 0) is 30.8 Å². The van der Waals surface area contributed by atoms with E-state index >= 15 is 0 Å². The molecule has 5 heteroatoms. The molecule has 1 aromatic heterocycles. The van der Waals surface area contributed by atoms with Crippen LogP contribution in [0.5, 0.6) is 0 Å². The van der Waals surface area contributed by atoms with E-state index in [0.29, 0.717) is 16.6 Å². The van der Waals surface area contributed by atoms with E-state index in [1.807, 2.05) is 17.3 Å². The first-order valence-electron chi connectivity index (χ1n) is 6.46. The summed E-state index contributed by atoms with van der Waals surface area (Å²) in [4.78, 5) is 17.3. The molecule has 1 aromatic rings. The molecule has 1 amide bonds. The number of anilines is 1. The monoisotopic (exact) mass is 267 g/mol. The Morgan fingerprint density at radius 3 is 2.72 bits per heavy atom. The molecular formula is C13H21N3OS. The second kappa shape index (κ2) is 5.71. The SMILES string of the molecule is CCN1CCC(N(C)C(=O)c2sccc2N)CC1. The van der Waals surface area contributed by atoms with E-state index < -0.39 is 0 Å². The van der Waals surface area contributed by atoms with Crippen LogP contribution in [-0.4, -0.2) is 48.4 Å². The highest BCUT2D eigenvalue weighted by molar-refractivity contribution is 7.12. The number of hydrogen-bond acceptors (Lipinski definition) is 4. The van der Waals surface area contributed by atoms with Crippen molar-refractivity contribution in [3.63, 3.8) is 0 Å². The van der Waals surface area contributed by atoms with Crippen molar-refractivity contribution >= 4 is 22.9 Å². The van der Waals surface area contributed by atoms with Gasteiger partial charge < -0.3 is 15.5 Å². The fourth-order valence-corrected chi connectivity index (χ4v) is 3.24. The van der Waals surface area contributed by atoms with Gasteiger partial charge in [-0.25, -0.2) is 0 Å². The zero-order chi connectivity index (χ0) is 13.1. The van der Waals surface area contributed by atoms with Gasteiger partial charge in [-0.3, -0.25) is 4.79 Å². The molecule has 0 aliphatic carbocycles. The molecule has 0 aromatic carbocycles. The molecule has 2 N–H and O–H groups in total. The van der Waals surface area contributed by atoms with Crippen molar-refractivity contribution in [2.24, 2.45) is 0 Å². The Kier molecular flexibility index (Phi) is 4.24. The number of nitrogen functional groups attached to an aromatic ring is 1. The molecule has 0 bridgehead atoms. The number of hydrogen-bond donors (Lipinski definition) is 1. The summed E-state index contributed by atoms with van der Waals surface area (Å²) < 4.78 is 0. The predicted molar refractivity (Wildman–Crippen MR) is 76.0 cm³/mol. The van der Waals surface area contributed by atoms with Crippen molar-refractivity contribution in [1.29, 1.82) is 0 Å². The van der Waals surface area contributed by atoms with Gasteiger partial charge in [-0.1, -0.05) is 6.92 Å². The molecule has 1 fully saturated rings. The fraction of sp³-hybridized carbons (Fsp3) is 0.615. The van der Waals surface area contributed by atoms with Gasteiger partial charge in [-0.15, -0.1) is 11.3 Å². The smallest absolute Gasteiger partial charge is 0.266 e. The van der Waals surface area contributed by atoms with Crippen LogP contribution in [0.4, 0.5) is 5.69 Å². The summed E-state index contributed by atoms with van der Waals surface area (Å²) in [6, 6.07) is 2.15. The number of amides is 1. The molecule has 0 atom stereocenters. The molecular weight excluding hydrogens is 246 g/mol. The second-order valence-corrected chi connectivity index (χ2v) is 5.70. The number of nitrogens with two attached hydrogens (primary N) is 1. The predicted octanol–water partition coefficient (Wildman–Crippen LogP) is 1.89. The molecule has 1 aliphatic heterocycles. The molecule has 0 radical (unpaired) electrons. The maximum atomic E-state index is 12.3. The lowest BCUT2D eigenvalue weighted by Gasteiger charge is -2.36. The maximum Gasteiger partial charge on any atom is 0.266 e.